The van der Waals surface area contributed by atoms with Crippen LogP contribution in [0.1, 0.15) is 46.5 Å². The van der Waals surface area contributed by atoms with Gasteiger partial charge in [0.25, 0.3) is 0 Å². The van der Waals surface area contributed by atoms with Crippen molar-refractivity contribution in [2.75, 3.05) is 19.6 Å². The van der Waals surface area contributed by atoms with Crippen LogP contribution in [0.4, 0.5) is 0 Å². The van der Waals surface area contributed by atoms with Crippen molar-refractivity contribution in [3.05, 3.63) is 0 Å². The first-order valence-electron chi connectivity index (χ1n) is 7.10. The van der Waals surface area contributed by atoms with E-state index in [1.54, 1.807) is 0 Å². The maximum atomic E-state index is 11.8. The van der Waals surface area contributed by atoms with Gasteiger partial charge >= 0.3 is 0 Å². The van der Waals surface area contributed by atoms with Gasteiger partial charge in [-0.3, -0.25) is 4.79 Å². The van der Waals surface area contributed by atoms with Gasteiger partial charge < -0.3 is 10.6 Å². The van der Waals surface area contributed by atoms with Crippen LogP contribution in [-0.4, -0.2) is 25.5 Å². The normalized spacial score (nSPS) is 21.8. The Labute approximate surface area is 106 Å². The highest BCUT2D eigenvalue weighted by atomic mass is 16.1. The molecule has 0 radical (unpaired) electrons. The highest BCUT2D eigenvalue weighted by molar-refractivity contribution is 5.76. The van der Waals surface area contributed by atoms with E-state index in [4.69, 9.17) is 0 Å². The van der Waals surface area contributed by atoms with E-state index in [2.05, 4.69) is 31.4 Å². The average Bonchev–Trinajstić information content (AvgIpc) is 2.78. The first-order chi connectivity index (χ1) is 8.13. The molecule has 100 valence electrons. The van der Waals surface area contributed by atoms with Crippen LogP contribution in [0.2, 0.25) is 0 Å². The van der Waals surface area contributed by atoms with Gasteiger partial charge in [-0.05, 0) is 43.7 Å². The zero-order chi connectivity index (χ0) is 12.7. The molecule has 2 unspecified atom stereocenters. The van der Waals surface area contributed by atoms with Gasteiger partial charge in [0.15, 0.2) is 0 Å². The van der Waals surface area contributed by atoms with Crippen molar-refractivity contribution in [2.45, 2.75) is 46.5 Å². The van der Waals surface area contributed by atoms with Crippen LogP contribution in [0.15, 0.2) is 0 Å². The van der Waals surface area contributed by atoms with Crippen LogP contribution in [0.25, 0.3) is 0 Å². The molecule has 1 fully saturated rings. The molecule has 0 aromatic rings. The quantitative estimate of drug-likeness (QED) is 0.716. The molecule has 0 bridgehead atoms. The second-order valence-electron chi connectivity index (χ2n) is 5.61. The van der Waals surface area contributed by atoms with Crippen LogP contribution < -0.4 is 10.6 Å². The summed E-state index contributed by atoms with van der Waals surface area (Å²) in [6, 6.07) is 0. The van der Waals surface area contributed by atoms with E-state index in [-0.39, 0.29) is 5.91 Å². The fourth-order valence-corrected chi connectivity index (χ4v) is 2.54. The lowest BCUT2D eigenvalue weighted by molar-refractivity contribution is -0.122. The molecule has 3 nitrogen and oxygen atoms in total. The zero-order valence-electron chi connectivity index (χ0n) is 11.6. The standard InChI is InChI=1S/C14H28N2O/c1-4-13(11(2)3)9-14(17)16-8-6-12-5-7-15-10-12/h11-13,15H,4-10H2,1-3H3,(H,16,17). The summed E-state index contributed by atoms with van der Waals surface area (Å²) < 4.78 is 0. The van der Waals surface area contributed by atoms with Gasteiger partial charge in [0, 0.05) is 13.0 Å². The molecule has 2 N–H and O–H groups in total. The fraction of sp³-hybridized carbons (Fsp3) is 0.929. The van der Waals surface area contributed by atoms with Crippen molar-refractivity contribution in [1.82, 2.24) is 10.6 Å². The minimum absolute atomic E-state index is 0.233. The summed E-state index contributed by atoms with van der Waals surface area (Å²) in [4.78, 5) is 11.8. The topological polar surface area (TPSA) is 41.1 Å². The Balaban J connectivity index is 2.11. The largest absolute Gasteiger partial charge is 0.356 e. The van der Waals surface area contributed by atoms with E-state index in [1.165, 1.54) is 6.42 Å². The summed E-state index contributed by atoms with van der Waals surface area (Å²) >= 11 is 0. The molecular formula is C14H28N2O. The fourth-order valence-electron chi connectivity index (χ4n) is 2.54. The number of rotatable bonds is 7. The molecule has 2 atom stereocenters. The van der Waals surface area contributed by atoms with Gasteiger partial charge in [0.1, 0.15) is 0 Å². The smallest absolute Gasteiger partial charge is 0.220 e. The van der Waals surface area contributed by atoms with Gasteiger partial charge in [-0.15, -0.1) is 0 Å². The minimum atomic E-state index is 0.233. The van der Waals surface area contributed by atoms with Crippen LogP contribution in [0, 0.1) is 17.8 Å². The molecular weight excluding hydrogens is 212 g/mol. The first-order valence-corrected chi connectivity index (χ1v) is 7.10. The predicted octanol–water partition coefficient (Wildman–Crippen LogP) is 2.17. The highest BCUT2D eigenvalue weighted by Crippen LogP contribution is 2.18. The molecule has 1 aliphatic heterocycles. The number of amides is 1. The van der Waals surface area contributed by atoms with Crippen LogP contribution >= 0.6 is 0 Å². The summed E-state index contributed by atoms with van der Waals surface area (Å²) in [5.41, 5.74) is 0. The number of hydrogen-bond acceptors (Lipinski definition) is 2. The van der Waals surface area contributed by atoms with Crippen molar-refractivity contribution >= 4 is 5.91 Å². The second kappa shape index (κ2) is 7.70. The SMILES string of the molecule is CCC(CC(=O)NCCC1CCNC1)C(C)C. The molecule has 0 aromatic heterocycles. The molecule has 3 heteroatoms. The van der Waals surface area contributed by atoms with Crippen LogP contribution in [-0.2, 0) is 4.79 Å². The number of carbonyl (C=O) groups is 1. The molecule has 1 aliphatic rings. The van der Waals surface area contributed by atoms with E-state index < -0.39 is 0 Å². The average molecular weight is 240 g/mol. The third kappa shape index (κ3) is 5.53. The van der Waals surface area contributed by atoms with E-state index in [0.29, 0.717) is 18.3 Å². The van der Waals surface area contributed by atoms with Crippen molar-refractivity contribution in [3.8, 4) is 0 Å². The molecule has 1 rings (SSSR count). The Morgan fingerprint density at radius 3 is 2.76 bits per heavy atom. The van der Waals surface area contributed by atoms with E-state index in [9.17, 15) is 4.79 Å². The molecule has 1 amide bonds. The maximum Gasteiger partial charge on any atom is 0.220 e. The van der Waals surface area contributed by atoms with Crippen LogP contribution in [0.3, 0.4) is 0 Å². The van der Waals surface area contributed by atoms with Gasteiger partial charge in [-0.2, -0.15) is 0 Å². The Morgan fingerprint density at radius 1 is 1.47 bits per heavy atom. The highest BCUT2D eigenvalue weighted by Gasteiger charge is 2.17. The first kappa shape index (κ1) is 14.5. The van der Waals surface area contributed by atoms with Crippen molar-refractivity contribution < 1.29 is 4.79 Å². The van der Waals surface area contributed by atoms with E-state index >= 15 is 0 Å². The Bertz CT molecular complexity index is 222. The molecule has 17 heavy (non-hydrogen) atoms. The zero-order valence-corrected chi connectivity index (χ0v) is 11.6. The number of carbonyl (C=O) groups excluding carboxylic acids is 1. The Kier molecular flexibility index (Phi) is 6.56. The lowest BCUT2D eigenvalue weighted by Crippen LogP contribution is -2.29. The molecule has 0 saturated carbocycles. The molecule has 0 spiro atoms. The lowest BCUT2D eigenvalue weighted by Gasteiger charge is -2.18. The van der Waals surface area contributed by atoms with Crippen LogP contribution in [0.5, 0.6) is 0 Å². The summed E-state index contributed by atoms with van der Waals surface area (Å²) in [5, 5.41) is 6.42. The van der Waals surface area contributed by atoms with Gasteiger partial charge in [-0.25, -0.2) is 0 Å². The van der Waals surface area contributed by atoms with Crippen molar-refractivity contribution in [1.29, 1.82) is 0 Å². The summed E-state index contributed by atoms with van der Waals surface area (Å²) in [6.45, 7) is 9.68. The van der Waals surface area contributed by atoms with E-state index in [1.807, 2.05) is 0 Å². The Hall–Kier alpha value is -0.570. The molecule has 1 heterocycles. The minimum Gasteiger partial charge on any atom is -0.356 e. The second-order valence-corrected chi connectivity index (χ2v) is 5.61. The lowest BCUT2D eigenvalue weighted by atomic mass is 9.90. The number of nitrogens with one attached hydrogen (secondary N) is 2. The maximum absolute atomic E-state index is 11.8. The summed E-state index contributed by atoms with van der Waals surface area (Å²) in [6.07, 6.45) is 4.17. The summed E-state index contributed by atoms with van der Waals surface area (Å²) in [7, 11) is 0. The molecule has 1 saturated heterocycles. The van der Waals surface area contributed by atoms with Gasteiger partial charge in [-0.1, -0.05) is 27.2 Å². The van der Waals surface area contributed by atoms with Crippen molar-refractivity contribution in [2.24, 2.45) is 17.8 Å². The van der Waals surface area contributed by atoms with E-state index in [0.717, 1.165) is 38.4 Å². The van der Waals surface area contributed by atoms with Gasteiger partial charge in [0.05, 0.1) is 0 Å². The third-order valence-electron chi connectivity index (χ3n) is 3.95. The Morgan fingerprint density at radius 2 is 2.24 bits per heavy atom. The predicted molar refractivity (Wildman–Crippen MR) is 71.8 cm³/mol. The number of hydrogen-bond donors (Lipinski definition) is 2. The van der Waals surface area contributed by atoms with Gasteiger partial charge in [0.2, 0.25) is 5.91 Å². The van der Waals surface area contributed by atoms with Crippen molar-refractivity contribution in [3.63, 3.8) is 0 Å². The molecule has 0 aromatic carbocycles. The summed E-state index contributed by atoms with van der Waals surface area (Å²) in [5.74, 6) is 2.13. The third-order valence-corrected chi connectivity index (χ3v) is 3.95. The molecule has 0 aliphatic carbocycles. The monoisotopic (exact) mass is 240 g/mol.